The number of benzene rings is 1. The number of hydrogen-bond donors (Lipinski definition) is 0. The van der Waals surface area contributed by atoms with Crippen LogP contribution in [0.3, 0.4) is 0 Å². The summed E-state index contributed by atoms with van der Waals surface area (Å²) in [4.78, 5) is 1.38. The highest BCUT2D eigenvalue weighted by Gasteiger charge is 2.15. The fraction of sp³-hybridized carbons (Fsp3) is 0.235. The second kappa shape index (κ2) is 5.52. The standard InChI is InChI=1S/C17H16N2S/c1-2-19-16-8-4-3-7-14(16)15(12-18)17(19)10-9-13-6-5-11-20-13/h3-8,11H,2,9-10H2,1H3. The van der Waals surface area contributed by atoms with Crippen molar-refractivity contribution in [2.45, 2.75) is 26.3 Å². The van der Waals surface area contributed by atoms with Gasteiger partial charge in [-0.15, -0.1) is 11.3 Å². The zero-order valence-electron chi connectivity index (χ0n) is 11.5. The summed E-state index contributed by atoms with van der Waals surface area (Å²) in [6, 6.07) is 14.9. The van der Waals surface area contributed by atoms with Gasteiger partial charge < -0.3 is 4.57 Å². The molecule has 20 heavy (non-hydrogen) atoms. The lowest BCUT2D eigenvalue weighted by molar-refractivity contribution is 0.729. The van der Waals surface area contributed by atoms with E-state index in [2.05, 4.69) is 47.2 Å². The van der Waals surface area contributed by atoms with Crippen molar-refractivity contribution in [2.24, 2.45) is 0 Å². The predicted octanol–water partition coefficient (Wildman–Crippen LogP) is 4.38. The Hall–Kier alpha value is -2.05. The van der Waals surface area contributed by atoms with Gasteiger partial charge in [-0.05, 0) is 37.3 Å². The zero-order valence-corrected chi connectivity index (χ0v) is 12.3. The molecule has 0 spiro atoms. The van der Waals surface area contributed by atoms with Gasteiger partial charge in [-0.1, -0.05) is 24.3 Å². The fourth-order valence-corrected chi connectivity index (χ4v) is 3.51. The molecule has 0 aliphatic rings. The van der Waals surface area contributed by atoms with Crippen molar-refractivity contribution in [3.63, 3.8) is 0 Å². The second-order valence-corrected chi connectivity index (χ2v) is 5.81. The molecule has 0 amide bonds. The largest absolute Gasteiger partial charge is 0.344 e. The molecule has 1 aromatic carbocycles. The van der Waals surface area contributed by atoms with Crippen LogP contribution in [0.25, 0.3) is 10.9 Å². The van der Waals surface area contributed by atoms with E-state index in [1.807, 2.05) is 12.1 Å². The first-order valence-electron chi connectivity index (χ1n) is 6.87. The van der Waals surface area contributed by atoms with Crippen molar-refractivity contribution in [1.82, 2.24) is 4.57 Å². The lowest BCUT2D eigenvalue weighted by Crippen LogP contribution is -2.03. The van der Waals surface area contributed by atoms with Gasteiger partial charge in [0.15, 0.2) is 0 Å². The molecule has 0 fully saturated rings. The van der Waals surface area contributed by atoms with Gasteiger partial charge in [0.25, 0.3) is 0 Å². The van der Waals surface area contributed by atoms with Gasteiger partial charge in [0, 0.05) is 28.0 Å². The smallest absolute Gasteiger partial charge is 0.102 e. The molecule has 0 N–H and O–H groups in total. The number of nitriles is 1. The van der Waals surface area contributed by atoms with E-state index in [0.29, 0.717) is 0 Å². The number of nitrogens with zero attached hydrogens (tertiary/aromatic N) is 2. The van der Waals surface area contributed by atoms with E-state index in [1.54, 1.807) is 11.3 Å². The summed E-state index contributed by atoms with van der Waals surface area (Å²) >= 11 is 1.78. The SMILES string of the molecule is CCn1c(CCc2cccs2)c(C#N)c2ccccc21. The van der Waals surface area contributed by atoms with E-state index in [9.17, 15) is 5.26 Å². The van der Waals surface area contributed by atoms with Crippen LogP contribution in [0.2, 0.25) is 0 Å². The van der Waals surface area contributed by atoms with E-state index in [1.165, 1.54) is 16.1 Å². The summed E-state index contributed by atoms with van der Waals surface area (Å²) in [5, 5.41) is 12.7. The molecule has 2 nitrogen and oxygen atoms in total. The maximum atomic E-state index is 9.52. The molecule has 0 radical (unpaired) electrons. The Kier molecular flexibility index (Phi) is 3.58. The molecular weight excluding hydrogens is 264 g/mol. The van der Waals surface area contributed by atoms with Crippen LogP contribution in [0.4, 0.5) is 0 Å². The first-order valence-corrected chi connectivity index (χ1v) is 7.75. The second-order valence-electron chi connectivity index (χ2n) is 4.77. The van der Waals surface area contributed by atoms with Gasteiger partial charge in [0.1, 0.15) is 6.07 Å². The van der Waals surface area contributed by atoms with E-state index in [0.717, 1.165) is 30.3 Å². The van der Waals surface area contributed by atoms with Crippen molar-refractivity contribution in [3.8, 4) is 6.07 Å². The molecule has 0 saturated heterocycles. The highest BCUT2D eigenvalue weighted by atomic mass is 32.1. The first kappa shape index (κ1) is 13.0. The van der Waals surface area contributed by atoms with Crippen molar-refractivity contribution >= 4 is 22.2 Å². The van der Waals surface area contributed by atoms with Crippen molar-refractivity contribution < 1.29 is 0 Å². The number of thiophene rings is 1. The molecule has 0 aliphatic heterocycles. The molecule has 2 aromatic heterocycles. The van der Waals surface area contributed by atoms with Crippen LogP contribution in [-0.4, -0.2) is 4.57 Å². The van der Waals surface area contributed by atoms with Gasteiger partial charge in [-0.2, -0.15) is 5.26 Å². The monoisotopic (exact) mass is 280 g/mol. The number of para-hydroxylation sites is 1. The lowest BCUT2D eigenvalue weighted by atomic mass is 10.1. The van der Waals surface area contributed by atoms with Gasteiger partial charge >= 0.3 is 0 Å². The Bertz CT molecular complexity index is 760. The number of aryl methyl sites for hydroxylation is 2. The molecule has 3 aromatic rings. The first-order chi connectivity index (χ1) is 9.85. The topological polar surface area (TPSA) is 28.7 Å². The van der Waals surface area contributed by atoms with E-state index >= 15 is 0 Å². The Balaban J connectivity index is 2.06. The predicted molar refractivity (Wildman–Crippen MR) is 84.1 cm³/mol. The maximum absolute atomic E-state index is 9.52. The molecule has 0 unspecified atom stereocenters. The average molecular weight is 280 g/mol. The minimum Gasteiger partial charge on any atom is -0.344 e. The molecule has 0 aliphatic carbocycles. The minimum atomic E-state index is 0.846. The summed E-state index contributed by atoms with van der Waals surface area (Å²) in [5.74, 6) is 0. The Morgan fingerprint density at radius 2 is 2.00 bits per heavy atom. The van der Waals surface area contributed by atoms with Crippen molar-refractivity contribution in [1.29, 1.82) is 5.26 Å². The summed E-state index contributed by atoms with van der Waals surface area (Å²) in [6.45, 7) is 3.05. The number of aromatic nitrogens is 1. The van der Waals surface area contributed by atoms with Crippen LogP contribution in [0.5, 0.6) is 0 Å². The Morgan fingerprint density at radius 3 is 2.70 bits per heavy atom. The van der Waals surface area contributed by atoms with Gasteiger partial charge in [0.2, 0.25) is 0 Å². The highest BCUT2D eigenvalue weighted by Crippen LogP contribution is 2.27. The fourth-order valence-electron chi connectivity index (χ4n) is 2.80. The molecular formula is C17H16N2S. The van der Waals surface area contributed by atoms with Crippen LogP contribution < -0.4 is 0 Å². The van der Waals surface area contributed by atoms with Crippen molar-refractivity contribution in [2.75, 3.05) is 0 Å². The minimum absolute atomic E-state index is 0.846. The van der Waals surface area contributed by atoms with Crippen LogP contribution in [-0.2, 0) is 19.4 Å². The third-order valence-corrected chi connectivity index (χ3v) is 4.63. The normalized spacial score (nSPS) is 10.8. The molecule has 0 saturated carbocycles. The number of hydrogen-bond acceptors (Lipinski definition) is 2. The number of fused-ring (bicyclic) bond motifs is 1. The van der Waals surface area contributed by atoms with Crippen LogP contribution >= 0.6 is 11.3 Å². The highest BCUT2D eigenvalue weighted by molar-refractivity contribution is 7.09. The molecule has 3 heteroatoms. The summed E-state index contributed by atoms with van der Waals surface area (Å²) in [6.07, 6.45) is 1.93. The molecule has 0 atom stereocenters. The molecule has 0 bridgehead atoms. The zero-order chi connectivity index (χ0) is 13.9. The van der Waals surface area contributed by atoms with E-state index in [-0.39, 0.29) is 0 Å². The van der Waals surface area contributed by atoms with E-state index in [4.69, 9.17) is 0 Å². The van der Waals surface area contributed by atoms with Crippen LogP contribution in [0.1, 0.15) is 23.1 Å². The summed E-state index contributed by atoms with van der Waals surface area (Å²) < 4.78 is 2.28. The Morgan fingerprint density at radius 1 is 1.15 bits per heavy atom. The maximum Gasteiger partial charge on any atom is 0.102 e. The summed E-state index contributed by atoms with van der Waals surface area (Å²) in [5.41, 5.74) is 3.19. The molecule has 2 heterocycles. The third-order valence-electron chi connectivity index (χ3n) is 3.69. The quantitative estimate of drug-likeness (QED) is 0.697. The Labute approximate surface area is 122 Å². The van der Waals surface area contributed by atoms with Gasteiger partial charge in [0.05, 0.1) is 5.56 Å². The lowest BCUT2D eigenvalue weighted by Gasteiger charge is -2.07. The summed E-state index contributed by atoms with van der Waals surface area (Å²) in [7, 11) is 0. The number of rotatable bonds is 4. The van der Waals surface area contributed by atoms with Crippen molar-refractivity contribution in [3.05, 3.63) is 57.9 Å². The average Bonchev–Trinajstić information content (AvgIpc) is 3.10. The third kappa shape index (κ3) is 2.13. The van der Waals surface area contributed by atoms with Gasteiger partial charge in [-0.25, -0.2) is 0 Å². The van der Waals surface area contributed by atoms with Crippen LogP contribution in [0, 0.1) is 11.3 Å². The molecule has 3 rings (SSSR count). The van der Waals surface area contributed by atoms with E-state index < -0.39 is 0 Å². The molecule has 100 valence electrons. The van der Waals surface area contributed by atoms with Crippen LogP contribution in [0.15, 0.2) is 41.8 Å². The van der Waals surface area contributed by atoms with Gasteiger partial charge in [-0.3, -0.25) is 0 Å².